The molecular formula is C15H16N4S2. The van der Waals surface area contributed by atoms with Gasteiger partial charge in [0.2, 0.25) is 0 Å². The molecule has 0 atom stereocenters. The van der Waals surface area contributed by atoms with Gasteiger partial charge in [-0.2, -0.15) is 0 Å². The minimum Gasteiger partial charge on any atom is -0.220 e. The monoisotopic (exact) mass is 316 g/mol. The number of aryl methyl sites for hydroxylation is 1. The summed E-state index contributed by atoms with van der Waals surface area (Å²) >= 11 is 3.35. The first-order chi connectivity index (χ1) is 10.2. The van der Waals surface area contributed by atoms with Crippen LogP contribution in [0.2, 0.25) is 0 Å². The number of aromatic nitrogens is 4. The fraction of sp³-hybridized carbons (Fsp3) is 0.333. The molecule has 0 saturated heterocycles. The number of benzene rings is 1. The van der Waals surface area contributed by atoms with Crippen molar-refractivity contribution in [1.29, 1.82) is 0 Å². The SMILES string of the molecule is CCSc1nc(SCC)c2nnc3cc(C)ccc3c2n1. The molecule has 6 heteroatoms. The third-order valence-corrected chi connectivity index (χ3v) is 4.63. The molecule has 0 aliphatic rings. The Kier molecular flexibility index (Phi) is 4.26. The molecule has 0 bridgehead atoms. The molecule has 0 N–H and O–H groups in total. The van der Waals surface area contributed by atoms with Gasteiger partial charge in [0.05, 0.1) is 5.52 Å². The predicted octanol–water partition coefficient (Wildman–Crippen LogP) is 4.11. The second-order valence-corrected chi connectivity index (χ2v) is 7.08. The lowest BCUT2D eigenvalue weighted by Crippen LogP contribution is -1.98. The third kappa shape index (κ3) is 2.82. The third-order valence-electron chi connectivity index (χ3n) is 3.05. The minimum absolute atomic E-state index is 0.804. The van der Waals surface area contributed by atoms with E-state index in [0.717, 1.165) is 43.6 Å². The summed E-state index contributed by atoms with van der Waals surface area (Å²) in [5.74, 6) is 1.91. The first-order valence-electron chi connectivity index (χ1n) is 6.93. The van der Waals surface area contributed by atoms with Crippen LogP contribution in [0.25, 0.3) is 21.9 Å². The topological polar surface area (TPSA) is 51.6 Å². The van der Waals surface area contributed by atoms with Crippen LogP contribution in [0, 0.1) is 6.92 Å². The van der Waals surface area contributed by atoms with Crippen molar-refractivity contribution < 1.29 is 0 Å². The van der Waals surface area contributed by atoms with Crippen LogP contribution in [0.5, 0.6) is 0 Å². The van der Waals surface area contributed by atoms with Crippen molar-refractivity contribution in [2.24, 2.45) is 0 Å². The van der Waals surface area contributed by atoms with Gasteiger partial charge in [0.1, 0.15) is 16.1 Å². The highest BCUT2D eigenvalue weighted by Crippen LogP contribution is 2.30. The van der Waals surface area contributed by atoms with Crippen molar-refractivity contribution in [1.82, 2.24) is 20.2 Å². The Balaban J connectivity index is 2.34. The van der Waals surface area contributed by atoms with E-state index < -0.39 is 0 Å². The van der Waals surface area contributed by atoms with E-state index in [4.69, 9.17) is 4.98 Å². The summed E-state index contributed by atoms with van der Waals surface area (Å²) in [6.07, 6.45) is 0. The van der Waals surface area contributed by atoms with Gasteiger partial charge in [-0.25, -0.2) is 9.97 Å². The first kappa shape index (κ1) is 14.5. The molecule has 4 nitrogen and oxygen atoms in total. The highest BCUT2D eigenvalue weighted by atomic mass is 32.2. The van der Waals surface area contributed by atoms with E-state index in [9.17, 15) is 0 Å². The average Bonchev–Trinajstić information content (AvgIpc) is 2.47. The molecule has 3 aromatic rings. The van der Waals surface area contributed by atoms with Crippen LogP contribution in [0.3, 0.4) is 0 Å². The number of hydrogen-bond acceptors (Lipinski definition) is 6. The number of hydrogen-bond donors (Lipinski definition) is 0. The number of nitrogens with zero attached hydrogens (tertiary/aromatic N) is 4. The van der Waals surface area contributed by atoms with E-state index in [2.05, 4.69) is 48.1 Å². The van der Waals surface area contributed by atoms with Gasteiger partial charge in [-0.05, 0) is 30.1 Å². The van der Waals surface area contributed by atoms with Crippen LogP contribution < -0.4 is 0 Å². The Labute approximate surface area is 132 Å². The lowest BCUT2D eigenvalue weighted by atomic mass is 10.1. The molecule has 2 heterocycles. The Hall–Kier alpha value is -1.40. The van der Waals surface area contributed by atoms with Crippen molar-refractivity contribution in [3.63, 3.8) is 0 Å². The van der Waals surface area contributed by atoms with Crippen molar-refractivity contribution in [2.75, 3.05) is 11.5 Å². The number of rotatable bonds is 4. The Morgan fingerprint density at radius 1 is 0.952 bits per heavy atom. The van der Waals surface area contributed by atoms with Gasteiger partial charge in [-0.3, -0.25) is 0 Å². The van der Waals surface area contributed by atoms with Crippen LogP contribution in [-0.2, 0) is 0 Å². The summed E-state index contributed by atoms with van der Waals surface area (Å²) < 4.78 is 0. The summed E-state index contributed by atoms with van der Waals surface area (Å²) in [7, 11) is 0. The smallest absolute Gasteiger partial charge is 0.189 e. The molecule has 1 aromatic carbocycles. The summed E-state index contributed by atoms with van der Waals surface area (Å²) in [5, 5.41) is 11.5. The van der Waals surface area contributed by atoms with Crippen molar-refractivity contribution in [2.45, 2.75) is 31.0 Å². The maximum Gasteiger partial charge on any atom is 0.189 e. The molecule has 0 unspecified atom stereocenters. The quantitative estimate of drug-likeness (QED) is 0.312. The maximum absolute atomic E-state index is 4.70. The van der Waals surface area contributed by atoms with Crippen LogP contribution in [0.15, 0.2) is 28.4 Å². The summed E-state index contributed by atoms with van der Waals surface area (Å²) in [6, 6.07) is 6.21. The van der Waals surface area contributed by atoms with E-state index in [-0.39, 0.29) is 0 Å². The lowest BCUT2D eigenvalue weighted by molar-refractivity contribution is 0.913. The zero-order chi connectivity index (χ0) is 14.8. The van der Waals surface area contributed by atoms with E-state index in [1.165, 1.54) is 5.56 Å². The van der Waals surface area contributed by atoms with Gasteiger partial charge >= 0.3 is 0 Å². The second kappa shape index (κ2) is 6.15. The fourth-order valence-corrected chi connectivity index (χ4v) is 3.48. The summed E-state index contributed by atoms with van der Waals surface area (Å²) in [5.41, 5.74) is 3.78. The van der Waals surface area contributed by atoms with Crippen LogP contribution in [-0.4, -0.2) is 31.7 Å². The molecule has 3 rings (SSSR count). The zero-order valence-corrected chi connectivity index (χ0v) is 13.9. The van der Waals surface area contributed by atoms with Gasteiger partial charge < -0.3 is 0 Å². The Morgan fingerprint density at radius 2 is 1.76 bits per heavy atom. The van der Waals surface area contributed by atoms with Gasteiger partial charge in [0.25, 0.3) is 0 Å². The van der Waals surface area contributed by atoms with E-state index in [1.54, 1.807) is 23.5 Å². The highest BCUT2D eigenvalue weighted by molar-refractivity contribution is 7.99. The Bertz CT molecular complexity index is 804. The summed E-state index contributed by atoms with van der Waals surface area (Å²) in [6.45, 7) is 6.28. The normalized spacial score (nSPS) is 11.4. The van der Waals surface area contributed by atoms with Crippen molar-refractivity contribution >= 4 is 45.5 Å². The maximum atomic E-state index is 4.70. The fourth-order valence-electron chi connectivity index (χ4n) is 2.15. The Morgan fingerprint density at radius 3 is 2.52 bits per heavy atom. The highest BCUT2D eigenvalue weighted by Gasteiger charge is 2.13. The molecule has 0 aliphatic heterocycles. The minimum atomic E-state index is 0.804. The van der Waals surface area contributed by atoms with E-state index in [1.807, 2.05) is 6.07 Å². The van der Waals surface area contributed by atoms with Crippen LogP contribution in [0.4, 0.5) is 0 Å². The molecule has 0 radical (unpaired) electrons. The average molecular weight is 316 g/mol. The molecule has 21 heavy (non-hydrogen) atoms. The number of fused-ring (bicyclic) bond motifs is 3. The number of thioether (sulfide) groups is 2. The standard InChI is InChI=1S/C15H16N4S2/c1-4-20-14-13-12(16-15(17-14)21-5-2)10-7-6-9(3)8-11(10)18-19-13/h6-8H,4-5H2,1-3H3. The molecule has 108 valence electrons. The lowest BCUT2D eigenvalue weighted by Gasteiger charge is -2.08. The summed E-state index contributed by atoms with van der Waals surface area (Å²) in [4.78, 5) is 9.32. The van der Waals surface area contributed by atoms with Gasteiger partial charge in [-0.15, -0.1) is 22.0 Å². The van der Waals surface area contributed by atoms with Crippen molar-refractivity contribution in [3.8, 4) is 0 Å². The molecule has 0 saturated carbocycles. The van der Waals surface area contributed by atoms with E-state index >= 15 is 0 Å². The van der Waals surface area contributed by atoms with E-state index in [0.29, 0.717) is 0 Å². The molecule has 0 spiro atoms. The van der Waals surface area contributed by atoms with Gasteiger partial charge in [-0.1, -0.05) is 37.7 Å². The zero-order valence-electron chi connectivity index (χ0n) is 12.3. The molecule has 0 aliphatic carbocycles. The predicted molar refractivity (Wildman–Crippen MR) is 90.2 cm³/mol. The van der Waals surface area contributed by atoms with Crippen LogP contribution >= 0.6 is 23.5 Å². The van der Waals surface area contributed by atoms with Gasteiger partial charge in [0.15, 0.2) is 5.16 Å². The second-order valence-electron chi connectivity index (χ2n) is 4.60. The largest absolute Gasteiger partial charge is 0.220 e. The molecular weight excluding hydrogens is 300 g/mol. The molecule has 2 aromatic heterocycles. The van der Waals surface area contributed by atoms with Gasteiger partial charge in [0, 0.05) is 5.39 Å². The first-order valence-corrected chi connectivity index (χ1v) is 8.90. The molecule has 0 fully saturated rings. The van der Waals surface area contributed by atoms with Crippen molar-refractivity contribution in [3.05, 3.63) is 23.8 Å². The molecule has 0 amide bonds. The van der Waals surface area contributed by atoms with Crippen LogP contribution in [0.1, 0.15) is 19.4 Å².